The van der Waals surface area contributed by atoms with E-state index in [4.69, 9.17) is 4.74 Å². The van der Waals surface area contributed by atoms with Crippen molar-refractivity contribution in [2.75, 3.05) is 6.61 Å². The molecule has 136 valence electrons. The summed E-state index contributed by atoms with van der Waals surface area (Å²) in [4.78, 5) is 21.7. The minimum Gasteiger partial charge on any atom is -0.502 e. The van der Waals surface area contributed by atoms with Gasteiger partial charge in [0.1, 0.15) is 5.75 Å². The summed E-state index contributed by atoms with van der Waals surface area (Å²) in [5, 5.41) is 26.0. The van der Waals surface area contributed by atoms with Gasteiger partial charge in [-0.15, -0.1) is 0 Å². The maximum absolute atomic E-state index is 11.8. The van der Waals surface area contributed by atoms with Crippen LogP contribution in [-0.2, 0) is 4.79 Å². The molecule has 3 rings (SSSR count). The van der Waals surface area contributed by atoms with Crippen LogP contribution in [0.4, 0.5) is 5.69 Å². The maximum atomic E-state index is 11.8. The summed E-state index contributed by atoms with van der Waals surface area (Å²) in [5.74, 6) is -0.381. The van der Waals surface area contributed by atoms with Crippen LogP contribution >= 0.6 is 0 Å². The number of nitro benzene ring substituents is 1. The third kappa shape index (κ3) is 4.57. The molecule has 0 radical (unpaired) electrons. The van der Waals surface area contributed by atoms with Crippen LogP contribution in [0.2, 0.25) is 0 Å². The van der Waals surface area contributed by atoms with Crippen molar-refractivity contribution in [2.24, 2.45) is 5.10 Å². The molecule has 27 heavy (non-hydrogen) atoms. The van der Waals surface area contributed by atoms with Crippen molar-refractivity contribution in [2.45, 2.75) is 0 Å². The summed E-state index contributed by atoms with van der Waals surface area (Å²) in [6, 6.07) is 17.1. The molecule has 8 nitrogen and oxygen atoms in total. The van der Waals surface area contributed by atoms with E-state index < -0.39 is 22.3 Å². The Morgan fingerprint density at radius 1 is 1.15 bits per heavy atom. The van der Waals surface area contributed by atoms with E-state index in [9.17, 15) is 20.0 Å². The molecule has 0 fully saturated rings. The molecule has 0 saturated carbocycles. The van der Waals surface area contributed by atoms with Crippen molar-refractivity contribution in [3.8, 4) is 11.5 Å². The van der Waals surface area contributed by atoms with E-state index >= 15 is 0 Å². The second-order valence-electron chi connectivity index (χ2n) is 5.60. The van der Waals surface area contributed by atoms with Gasteiger partial charge in [-0.25, -0.2) is 5.43 Å². The van der Waals surface area contributed by atoms with Crippen LogP contribution in [0.3, 0.4) is 0 Å². The molecule has 1 amide bonds. The molecule has 0 spiro atoms. The standard InChI is InChI=1S/C19H15N3O5/c23-18-9-13(5-8-17(18)22(25)26)11-20-21-19(24)12-27-16-7-6-14-3-1-2-4-15(14)10-16/h1-11,23H,12H2,(H,21,24). The molecular weight excluding hydrogens is 350 g/mol. The maximum Gasteiger partial charge on any atom is 0.310 e. The fraction of sp³-hybridized carbons (Fsp3) is 0.0526. The van der Waals surface area contributed by atoms with E-state index in [2.05, 4.69) is 10.5 Å². The number of aromatic hydroxyl groups is 1. The van der Waals surface area contributed by atoms with Gasteiger partial charge >= 0.3 is 5.69 Å². The SMILES string of the molecule is O=C(COc1ccc2ccccc2c1)NN=Cc1ccc([N+](=O)[O-])c(O)c1. The Kier molecular flexibility index (Phi) is 5.27. The topological polar surface area (TPSA) is 114 Å². The number of ether oxygens (including phenoxy) is 1. The molecule has 0 heterocycles. The Bertz CT molecular complexity index is 1030. The van der Waals surface area contributed by atoms with Gasteiger partial charge in [0, 0.05) is 6.07 Å². The number of carbonyl (C=O) groups is 1. The highest BCUT2D eigenvalue weighted by Gasteiger charge is 2.12. The monoisotopic (exact) mass is 365 g/mol. The van der Waals surface area contributed by atoms with Gasteiger partial charge in [0.25, 0.3) is 5.91 Å². The number of nitrogens with one attached hydrogen (secondary N) is 1. The minimum absolute atomic E-state index is 0.221. The third-order valence-corrected chi connectivity index (χ3v) is 3.69. The number of amides is 1. The van der Waals surface area contributed by atoms with Crippen LogP contribution in [0.1, 0.15) is 5.56 Å². The Hall–Kier alpha value is -3.94. The molecule has 8 heteroatoms. The number of benzene rings is 3. The largest absolute Gasteiger partial charge is 0.502 e. The van der Waals surface area contributed by atoms with Crippen molar-refractivity contribution in [3.05, 3.63) is 76.3 Å². The molecular formula is C19H15N3O5. The number of hydrazone groups is 1. The zero-order valence-corrected chi connectivity index (χ0v) is 14.0. The van der Waals surface area contributed by atoms with Gasteiger partial charge in [-0.3, -0.25) is 14.9 Å². The number of phenols is 1. The van der Waals surface area contributed by atoms with E-state index in [-0.39, 0.29) is 6.61 Å². The van der Waals surface area contributed by atoms with E-state index in [1.165, 1.54) is 18.3 Å². The second-order valence-corrected chi connectivity index (χ2v) is 5.60. The van der Waals surface area contributed by atoms with Crippen molar-refractivity contribution in [3.63, 3.8) is 0 Å². The molecule has 0 saturated heterocycles. The molecule has 0 atom stereocenters. The van der Waals surface area contributed by atoms with Crippen molar-refractivity contribution in [1.82, 2.24) is 5.43 Å². The zero-order valence-electron chi connectivity index (χ0n) is 14.0. The van der Waals surface area contributed by atoms with E-state index in [1.807, 2.05) is 36.4 Å². The Morgan fingerprint density at radius 3 is 2.67 bits per heavy atom. The van der Waals surface area contributed by atoms with Crippen LogP contribution in [0.15, 0.2) is 65.8 Å². The minimum atomic E-state index is -0.692. The molecule has 3 aromatic rings. The Morgan fingerprint density at radius 2 is 1.93 bits per heavy atom. The molecule has 0 aliphatic heterocycles. The summed E-state index contributed by atoms with van der Waals surface area (Å²) >= 11 is 0. The van der Waals surface area contributed by atoms with Gasteiger partial charge in [-0.05, 0) is 40.6 Å². The molecule has 0 aromatic heterocycles. The first-order chi connectivity index (χ1) is 13.0. The first-order valence-electron chi connectivity index (χ1n) is 7.94. The lowest BCUT2D eigenvalue weighted by atomic mass is 10.1. The van der Waals surface area contributed by atoms with E-state index in [1.54, 1.807) is 6.07 Å². The number of phenolic OH excluding ortho intramolecular Hbond substituents is 1. The number of rotatable bonds is 6. The van der Waals surface area contributed by atoms with Crippen LogP contribution in [-0.4, -0.2) is 28.8 Å². The van der Waals surface area contributed by atoms with Crippen LogP contribution in [0, 0.1) is 10.1 Å². The van der Waals surface area contributed by atoms with Crippen LogP contribution in [0.25, 0.3) is 10.8 Å². The predicted octanol–water partition coefficient (Wildman–Crippen LogP) is 2.98. The quantitative estimate of drug-likeness (QED) is 0.396. The van der Waals surface area contributed by atoms with Crippen molar-refractivity contribution in [1.29, 1.82) is 0 Å². The average Bonchev–Trinajstić information content (AvgIpc) is 2.66. The summed E-state index contributed by atoms with van der Waals surface area (Å²) < 4.78 is 5.44. The highest BCUT2D eigenvalue weighted by atomic mass is 16.6. The fourth-order valence-corrected chi connectivity index (χ4v) is 2.39. The van der Waals surface area contributed by atoms with Crippen LogP contribution < -0.4 is 10.2 Å². The van der Waals surface area contributed by atoms with Gasteiger partial charge < -0.3 is 9.84 Å². The normalized spacial score (nSPS) is 10.8. The number of fused-ring (bicyclic) bond motifs is 1. The van der Waals surface area contributed by atoms with E-state index in [0.717, 1.165) is 16.8 Å². The molecule has 0 bridgehead atoms. The summed E-state index contributed by atoms with van der Waals surface area (Å²) in [6.07, 6.45) is 1.26. The summed E-state index contributed by atoms with van der Waals surface area (Å²) in [5.41, 5.74) is 2.28. The predicted molar refractivity (Wildman–Crippen MR) is 99.9 cm³/mol. The zero-order chi connectivity index (χ0) is 19.2. The summed E-state index contributed by atoms with van der Waals surface area (Å²) in [7, 11) is 0. The number of nitro groups is 1. The average molecular weight is 365 g/mol. The molecule has 0 unspecified atom stereocenters. The number of carbonyl (C=O) groups excluding carboxylic acids is 1. The van der Waals surface area contributed by atoms with Crippen molar-refractivity contribution < 1.29 is 19.6 Å². The smallest absolute Gasteiger partial charge is 0.310 e. The van der Waals surface area contributed by atoms with Gasteiger partial charge in [-0.1, -0.05) is 30.3 Å². The van der Waals surface area contributed by atoms with Gasteiger partial charge in [-0.2, -0.15) is 5.10 Å². The summed E-state index contributed by atoms with van der Waals surface area (Å²) in [6.45, 7) is -0.221. The van der Waals surface area contributed by atoms with Gasteiger partial charge in [0.05, 0.1) is 11.1 Å². The number of hydrogen-bond donors (Lipinski definition) is 2. The first kappa shape index (κ1) is 17.9. The highest BCUT2D eigenvalue weighted by molar-refractivity contribution is 5.85. The third-order valence-electron chi connectivity index (χ3n) is 3.69. The van der Waals surface area contributed by atoms with Crippen molar-refractivity contribution >= 4 is 28.6 Å². The number of nitrogens with zero attached hydrogens (tertiary/aromatic N) is 2. The second kappa shape index (κ2) is 7.96. The van der Waals surface area contributed by atoms with Gasteiger partial charge in [0.2, 0.25) is 0 Å². The Balaban J connectivity index is 1.53. The Labute approximate surface area is 153 Å². The highest BCUT2D eigenvalue weighted by Crippen LogP contribution is 2.25. The molecule has 3 aromatic carbocycles. The fourth-order valence-electron chi connectivity index (χ4n) is 2.39. The lowest BCUT2D eigenvalue weighted by Gasteiger charge is -2.06. The number of hydrogen-bond acceptors (Lipinski definition) is 6. The van der Waals surface area contributed by atoms with Gasteiger partial charge in [0.15, 0.2) is 12.4 Å². The van der Waals surface area contributed by atoms with Crippen LogP contribution in [0.5, 0.6) is 11.5 Å². The molecule has 0 aliphatic carbocycles. The lowest BCUT2D eigenvalue weighted by molar-refractivity contribution is -0.385. The molecule has 2 N–H and O–H groups in total. The van der Waals surface area contributed by atoms with E-state index in [0.29, 0.717) is 11.3 Å². The first-order valence-corrected chi connectivity index (χ1v) is 7.94. The molecule has 0 aliphatic rings. The lowest BCUT2D eigenvalue weighted by Crippen LogP contribution is -2.24.